The summed E-state index contributed by atoms with van der Waals surface area (Å²) in [6.45, 7) is 2.70. The van der Waals surface area contributed by atoms with Gasteiger partial charge >= 0.3 is 0 Å². The number of carbonyl (C=O) groups is 1. The Hall–Kier alpha value is -2.55. The van der Waals surface area contributed by atoms with Crippen LogP contribution in [0, 0.1) is 0 Å². The molecule has 0 fully saturated rings. The predicted octanol–water partition coefficient (Wildman–Crippen LogP) is 4.30. The van der Waals surface area contributed by atoms with E-state index in [9.17, 15) is 9.59 Å². The molecule has 0 unspecified atom stereocenters. The second-order valence-electron chi connectivity index (χ2n) is 7.22. The lowest BCUT2D eigenvalue weighted by Crippen LogP contribution is -2.33. The van der Waals surface area contributed by atoms with Gasteiger partial charge in [-0.05, 0) is 48.9 Å². The van der Waals surface area contributed by atoms with Crippen LogP contribution in [0.15, 0.2) is 51.7 Å². The molecular formula is C22H16BrClN4O2S. The van der Waals surface area contributed by atoms with Gasteiger partial charge in [0.25, 0.3) is 11.5 Å². The van der Waals surface area contributed by atoms with Crippen molar-refractivity contribution >= 4 is 61.0 Å². The van der Waals surface area contributed by atoms with Crippen molar-refractivity contribution in [2.45, 2.75) is 19.8 Å². The van der Waals surface area contributed by atoms with Crippen LogP contribution in [-0.2, 0) is 4.79 Å². The van der Waals surface area contributed by atoms with Crippen LogP contribution >= 0.6 is 38.9 Å². The van der Waals surface area contributed by atoms with Gasteiger partial charge in [-0.3, -0.25) is 9.59 Å². The van der Waals surface area contributed by atoms with Crippen molar-refractivity contribution in [3.05, 3.63) is 72.4 Å². The minimum absolute atomic E-state index is 0.152. The summed E-state index contributed by atoms with van der Waals surface area (Å²) >= 11 is 10.6. The second kappa shape index (κ2) is 7.85. The molecular weight excluding hydrogens is 500 g/mol. The maximum Gasteiger partial charge on any atom is 0.291 e. The molecule has 0 saturated heterocycles. The highest BCUT2D eigenvalue weighted by molar-refractivity contribution is 9.10. The summed E-state index contributed by atoms with van der Waals surface area (Å²) in [4.78, 5) is 33.3. The molecule has 1 aliphatic heterocycles. The number of carbonyl (C=O) groups excluding carboxylic acids is 1. The van der Waals surface area contributed by atoms with Gasteiger partial charge in [0.15, 0.2) is 5.82 Å². The fraction of sp³-hybridized carbons (Fsp3) is 0.182. The molecule has 1 amide bonds. The third kappa shape index (κ3) is 3.39. The lowest BCUT2D eigenvalue weighted by atomic mass is 10.1. The first-order chi connectivity index (χ1) is 15.0. The van der Waals surface area contributed by atoms with Crippen molar-refractivity contribution in [3.63, 3.8) is 0 Å². The molecule has 2 aromatic heterocycles. The molecule has 0 N–H and O–H groups in total. The van der Waals surface area contributed by atoms with E-state index in [1.165, 1.54) is 15.9 Å². The van der Waals surface area contributed by atoms with Crippen LogP contribution in [0.25, 0.3) is 21.9 Å². The highest BCUT2D eigenvalue weighted by Crippen LogP contribution is 2.37. The number of rotatable bonds is 4. The van der Waals surface area contributed by atoms with Crippen LogP contribution in [0.2, 0.25) is 5.02 Å². The summed E-state index contributed by atoms with van der Waals surface area (Å²) in [5, 5.41) is 5.00. The van der Waals surface area contributed by atoms with Crippen molar-refractivity contribution in [3.8, 4) is 11.4 Å². The summed E-state index contributed by atoms with van der Waals surface area (Å²) in [6, 6.07) is 12.8. The van der Waals surface area contributed by atoms with E-state index in [2.05, 4.69) is 32.9 Å². The molecule has 156 valence electrons. The lowest BCUT2D eigenvalue weighted by Gasteiger charge is -2.16. The van der Waals surface area contributed by atoms with Crippen molar-refractivity contribution < 1.29 is 4.79 Å². The van der Waals surface area contributed by atoms with Crippen molar-refractivity contribution in [1.29, 1.82) is 0 Å². The van der Waals surface area contributed by atoms with Crippen molar-refractivity contribution in [2.75, 3.05) is 11.4 Å². The van der Waals surface area contributed by atoms with E-state index in [4.69, 9.17) is 11.6 Å². The zero-order valence-electron chi connectivity index (χ0n) is 16.4. The monoisotopic (exact) mass is 514 g/mol. The molecule has 0 bridgehead atoms. The molecule has 1 aliphatic rings. The van der Waals surface area contributed by atoms with E-state index in [0.29, 0.717) is 32.5 Å². The zero-order valence-corrected chi connectivity index (χ0v) is 19.6. The molecule has 4 aromatic rings. The van der Waals surface area contributed by atoms with E-state index in [1.807, 2.05) is 30.3 Å². The number of nitrogens with zero attached hydrogens (tertiary/aromatic N) is 4. The third-order valence-corrected chi connectivity index (χ3v) is 6.97. The molecule has 6 nitrogen and oxygen atoms in total. The molecule has 5 rings (SSSR count). The Labute approximate surface area is 194 Å². The fourth-order valence-corrected chi connectivity index (χ4v) is 5.15. The van der Waals surface area contributed by atoms with Gasteiger partial charge in [0.1, 0.15) is 4.53 Å². The molecule has 0 aliphatic carbocycles. The smallest absolute Gasteiger partial charge is 0.291 e. The molecule has 0 atom stereocenters. The van der Waals surface area contributed by atoms with Crippen molar-refractivity contribution in [2.24, 2.45) is 0 Å². The highest BCUT2D eigenvalue weighted by Gasteiger charge is 2.34. The topological polar surface area (TPSA) is 67.6 Å². The first kappa shape index (κ1) is 20.4. The van der Waals surface area contributed by atoms with E-state index >= 15 is 0 Å². The first-order valence-electron chi connectivity index (χ1n) is 9.79. The number of fused-ring (bicyclic) bond motifs is 2. The number of thiazole rings is 1. The largest absolute Gasteiger partial charge is 0.308 e. The number of aromatic nitrogens is 3. The Morgan fingerprint density at radius 3 is 2.61 bits per heavy atom. The number of anilines is 1. The van der Waals surface area contributed by atoms with Gasteiger partial charge < -0.3 is 4.90 Å². The Morgan fingerprint density at radius 2 is 1.90 bits per heavy atom. The highest BCUT2D eigenvalue weighted by atomic mass is 79.9. The molecule has 3 heterocycles. The van der Waals surface area contributed by atoms with Gasteiger partial charge in [-0.2, -0.15) is 9.50 Å². The molecule has 0 radical (unpaired) electrons. The number of amides is 1. The summed E-state index contributed by atoms with van der Waals surface area (Å²) in [6.07, 6.45) is 1.86. The van der Waals surface area contributed by atoms with Gasteiger partial charge in [-0.15, -0.1) is 5.10 Å². The minimum atomic E-state index is -0.334. The van der Waals surface area contributed by atoms with Crippen LogP contribution in [-0.4, -0.2) is 27.0 Å². The zero-order chi connectivity index (χ0) is 21.7. The average molecular weight is 516 g/mol. The standard InChI is InChI=1S/C22H16BrClN4O2S/c1-2-3-10-27-16-9-6-13(23)11-15(16)17(20(27)29)18-21(30)28-22(31-18)25-19(26-28)12-4-7-14(24)8-5-12/h4-9,11H,2-3,10H2,1H3/b18-17-. The van der Waals surface area contributed by atoms with Crippen LogP contribution in [0.4, 0.5) is 5.69 Å². The van der Waals surface area contributed by atoms with Crippen molar-refractivity contribution in [1.82, 2.24) is 14.6 Å². The normalized spacial score (nSPS) is 15.2. The molecule has 31 heavy (non-hydrogen) atoms. The molecule has 2 aromatic carbocycles. The second-order valence-corrected chi connectivity index (χ2v) is 9.55. The lowest BCUT2D eigenvalue weighted by molar-refractivity contribution is -0.113. The Kier molecular flexibility index (Phi) is 5.16. The quantitative estimate of drug-likeness (QED) is 0.406. The summed E-state index contributed by atoms with van der Waals surface area (Å²) in [5.41, 5.74) is 2.44. The maximum atomic E-state index is 13.3. The van der Waals surface area contributed by atoms with E-state index in [-0.39, 0.29) is 11.5 Å². The van der Waals surface area contributed by atoms with Crippen LogP contribution < -0.4 is 15.0 Å². The van der Waals surface area contributed by atoms with Gasteiger partial charge in [0.05, 0.1) is 11.3 Å². The van der Waals surface area contributed by atoms with E-state index < -0.39 is 0 Å². The van der Waals surface area contributed by atoms with E-state index in [0.717, 1.165) is 34.1 Å². The average Bonchev–Trinajstić information content (AvgIpc) is 3.38. The van der Waals surface area contributed by atoms with Gasteiger partial charge in [0.2, 0.25) is 4.96 Å². The fourth-order valence-electron chi connectivity index (χ4n) is 3.67. The number of hydrogen-bond acceptors (Lipinski definition) is 5. The number of hydrogen-bond donors (Lipinski definition) is 0. The van der Waals surface area contributed by atoms with Crippen LogP contribution in [0.5, 0.6) is 0 Å². The Bertz CT molecular complexity index is 1440. The van der Waals surface area contributed by atoms with E-state index in [1.54, 1.807) is 17.0 Å². The van der Waals surface area contributed by atoms with Gasteiger partial charge in [0, 0.05) is 27.2 Å². The van der Waals surface area contributed by atoms with Gasteiger partial charge in [-0.1, -0.05) is 52.2 Å². The summed E-state index contributed by atoms with van der Waals surface area (Å²) in [5.74, 6) is 0.295. The predicted molar refractivity (Wildman–Crippen MR) is 127 cm³/mol. The minimum Gasteiger partial charge on any atom is -0.308 e. The number of benzene rings is 2. The third-order valence-electron chi connectivity index (χ3n) is 5.20. The number of unbranched alkanes of at least 4 members (excludes halogenated alkanes) is 1. The maximum absolute atomic E-state index is 13.3. The summed E-state index contributed by atoms with van der Waals surface area (Å²) in [7, 11) is 0. The Balaban J connectivity index is 1.69. The Morgan fingerprint density at radius 1 is 1.13 bits per heavy atom. The SMILES string of the molecule is CCCCN1C(=O)/C(=c2\sc3nc(-c4ccc(Cl)cc4)nn3c2=O)c2cc(Br)ccc21. The summed E-state index contributed by atoms with van der Waals surface area (Å²) < 4.78 is 2.49. The first-order valence-corrected chi connectivity index (χ1v) is 11.8. The number of halogens is 2. The molecule has 0 spiro atoms. The van der Waals surface area contributed by atoms with Gasteiger partial charge in [-0.25, -0.2) is 0 Å². The molecule has 9 heteroatoms. The van der Waals surface area contributed by atoms with Crippen LogP contribution in [0.1, 0.15) is 25.3 Å². The van der Waals surface area contributed by atoms with Crippen LogP contribution in [0.3, 0.4) is 0 Å². The molecule has 0 saturated carbocycles.